The molecule has 0 atom stereocenters. The van der Waals surface area contributed by atoms with Gasteiger partial charge in [-0.2, -0.15) is 0 Å². The van der Waals surface area contributed by atoms with Crippen molar-refractivity contribution in [2.45, 2.75) is 52.1 Å². The van der Waals surface area contributed by atoms with Crippen LogP contribution in [-0.4, -0.2) is 64.2 Å². The van der Waals surface area contributed by atoms with Gasteiger partial charge in [-0.15, -0.1) is 24.0 Å². The zero-order valence-electron chi connectivity index (χ0n) is 20.4. The first-order valence-corrected chi connectivity index (χ1v) is 11.5. The number of carbonyl (C=O) groups is 1. The molecule has 1 aliphatic heterocycles. The van der Waals surface area contributed by atoms with Gasteiger partial charge in [0.05, 0.1) is 0 Å². The highest BCUT2D eigenvalue weighted by Crippen LogP contribution is 2.15. The first kappa shape index (κ1) is 29.4. The van der Waals surface area contributed by atoms with E-state index in [-0.39, 0.29) is 24.0 Å². The molecule has 33 heavy (non-hydrogen) atoms. The van der Waals surface area contributed by atoms with E-state index in [4.69, 9.17) is 14.2 Å². The highest BCUT2D eigenvalue weighted by Gasteiger charge is 2.16. The van der Waals surface area contributed by atoms with Crippen LogP contribution in [0.25, 0.3) is 0 Å². The van der Waals surface area contributed by atoms with E-state index >= 15 is 0 Å². The average molecular weight is 577 g/mol. The molecule has 3 N–H and O–H groups in total. The Hall–Kier alpha value is -1.59. The molecule has 188 valence electrons. The maximum absolute atomic E-state index is 11.8. The van der Waals surface area contributed by atoms with Crippen LogP contribution < -0.4 is 16.0 Å². The van der Waals surface area contributed by atoms with Crippen LogP contribution in [0, 0.1) is 5.92 Å². The predicted molar refractivity (Wildman–Crippen MR) is 144 cm³/mol. The normalized spacial score (nSPS) is 14.8. The summed E-state index contributed by atoms with van der Waals surface area (Å²) in [6.07, 6.45) is 3.56. The number of hydrogen-bond acceptors (Lipinski definition) is 5. The van der Waals surface area contributed by atoms with Crippen LogP contribution in [0.1, 0.15) is 45.6 Å². The molecular formula is C24H41IN4O4. The van der Waals surface area contributed by atoms with Crippen molar-refractivity contribution in [2.24, 2.45) is 10.9 Å². The number of ether oxygens (including phenoxy) is 3. The Morgan fingerprint density at radius 3 is 2.42 bits per heavy atom. The third kappa shape index (κ3) is 13.6. The molecule has 1 aliphatic rings. The van der Waals surface area contributed by atoms with E-state index in [1.165, 1.54) is 5.56 Å². The van der Waals surface area contributed by atoms with Gasteiger partial charge in [0.15, 0.2) is 5.96 Å². The zero-order valence-corrected chi connectivity index (χ0v) is 22.8. The quantitative estimate of drug-likeness (QED) is 0.168. The third-order valence-corrected chi connectivity index (χ3v) is 4.98. The van der Waals surface area contributed by atoms with E-state index in [9.17, 15) is 4.79 Å². The molecule has 1 saturated heterocycles. The zero-order chi connectivity index (χ0) is 23.2. The second-order valence-electron chi connectivity index (χ2n) is 8.98. The molecule has 1 heterocycles. The number of amides is 1. The molecular weight excluding hydrogens is 535 g/mol. The van der Waals surface area contributed by atoms with Crippen LogP contribution in [-0.2, 0) is 20.6 Å². The lowest BCUT2D eigenvalue weighted by Crippen LogP contribution is -2.39. The fraction of sp³-hybridized carbons (Fsp3) is 0.667. The van der Waals surface area contributed by atoms with Gasteiger partial charge in [-0.25, -0.2) is 4.79 Å². The van der Waals surface area contributed by atoms with E-state index in [1.54, 1.807) is 7.05 Å². The maximum Gasteiger partial charge on any atom is 0.412 e. The van der Waals surface area contributed by atoms with E-state index in [1.807, 2.05) is 45.0 Å². The lowest BCUT2D eigenvalue weighted by Gasteiger charge is -2.21. The molecule has 9 heteroatoms. The molecule has 1 aromatic rings. The van der Waals surface area contributed by atoms with Gasteiger partial charge in [0, 0.05) is 52.3 Å². The van der Waals surface area contributed by atoms with E-state index < -0.39 is 11.7 Å². The number of rotatable bonds is 10. The van der Waals surface area contributed by atoms with Crippen LogP contribution in [0.15, 0.2) is 29.3 Å². The molecule has 2 rings (SSSR count). The van der Waals surface area contributed by atoms with Gasteiger partial charge < -0.3 is 24.8 Å². The number of aliphatic imine (C=N–C) groups is 1. The number of nitrogens with one attached hydrogen (secondary N) is 3. The van der Waals surface area contributed by atoms with Crippen LogP contribution in [0.4, 0.5) is 10.5 Å². The van der Waals surface area contributed by atoms with Crippen molar-refractivity contribution in [1.29, 1.82) is 0 Å². The van der Waals surface area contributed by atoms with E-state index in [0.29, 0.717) is 11.6 Å². The van der Waals surface area contributed by atoms with Gasteiger partial charge in [-0.3, -0.25) is 10.3 Å². The number of benzene rings is 1. The largest absolute Gasteiger partial charge is 0.444 e. The van der Waals surface area contributed by atoms with Gasteiger partial charge in [-0.1, -0.05) is 12.1 Å². The van der Waals surface area contributed by atoms with Crippen molar-refractivity contribution in [3.63, 3.8) is 0 Å². The minimum atomic E-state index is -0.514. The predicted octanol–water partition coefficient (Wildman–Crippen LogP) is 4.19. The summed E-state index contributed by atoms with van der Waals surface area (Å²) < 4.78 is 16.4. The summed E-state index contributed by atoms with van der Waals surface area (Å²) in [5.41, 5.74) is 1.37. The average Bonchev–Trinajstić information content (AvgIpc) is 2.75. The SMILES string of the molecule is CN=C(NCCCOCC1CCOCC1)NCCc1ccc(NC(=O)OC(C)(C)C)cc1.I. The lowest BCUT2D eigenvalue weighted by molar-refractivity contribution is 0.0203. The molecule has 1 fully saturated rings. The minimum absolute atomic E-state index is 0. The minimum Gasteiger partial charge on any atom is -0.444 e. The Morgan fingerprint density at radius 1 is 1.12 bits per heavy atom. The summed E-state index contributed by atoms with van der Waals surface area (Å²) in [5, 5.41) is 9.39. The first-order chi connectivity index (χ1) is 15.4. The number of guanidine groups is 1. The Bertz CT molecular complexity index is 701. The first-order valence-electron chi connectivity index (χ1n) is 11.5. The van der Waals surface area contributed by atoms with Crippen molar-refractivity contribution < 1.29 is 19.0 Å². The van der Waals surface area contributed by atoms with E-state index in [0.717, 1.165) is 71.2 Å². The fourth-order valence-electron chi connectivity index (χ4n) is 3.27. The van der Waals surface area contributed by atoms with Gasteiger partial charge in [-0.05, 0) is 70.1 Å². The topological polar surface area (TPSA) is 93.2 Å². The number of carbonyl (C=O) groups excluding carboxylic acids is 1. The molecule has 1 aromatic carbocycles. The van der Waals surface area contributed by atoms with Gasteiger partial charge in [0.1, 0.15) is 5.60 Å². The second-order valence-corrected chi connectivity index (χ2v) is 8.98. The Morgan fingerprint density at radius 2 is 1.79 bits per heavy atom. The summed E-state index contributed by atoms with van der Waals surface area (Å²) in [4.78, 5) is 16.1. The standard InChI is InChI=1S/C24H40N4O4.HI/c1-24(2,3)32-23(29)28-21-8-6-19(7-9-21)10-14-27-22(25-4)26-13-5-15-31-18-20-11-16-30-17-12-20;/h6-9,20H,5,10-18H2,1-4H3,(H,28,29)(H2,25,26,27);1H. The molecule has 0 aliphatic carbocycles. The summed E-state index contributed by atoms with van der Waals surface area (Å²) in [7, 11) is 1.77. The fourth-order valence-corrected chi connectivity index (χ4v) is 3.27. The molecule has 0 bridgehead atoms. The number of nitrogens with zero attached hydrogens (tertiary/aromatic N) is 1. The lowest BCUT2D eigenvalue weighted by atomic mass is 10.0. The second kappa shape index (κ2) is 16.1. The van der Waals surface area contributed by atoms with Crippen LogP contribution in [0.2, 0.25) is 0 Å². The summed E-state index contributed by atoms with van der Waals surface area (Å²) in [5.74, 6) is 1.44. The molecule has 1 amide bonds. The van der Waals surface area contributed by atoms with Crippen molar-refractivity contribution >= 4 is 41.7 Å². The van der Waals surface area contributed by atoms with Crippen molar-refractivity contribution in [3.05, 3.63) is 29.8 Å². The number of anilines is 1. The molecule has 0 aromatic heterocycles. The van der Waals surface area contributed by atoms with Crippen molar-refractivity contribution in [3.8, 4) is 0 Å². The summed E-state index contributed by atoms with van der Waals surface area (Å²) >= 11 is 0. The van der Waals surface area contributed by atoms with Crippen LogP contribution >= 0.6 is 24.0 Å². The highest BCUT2D eigenvalue weighted by molar-refractivity contribution is 14.0. The molecule has 0 unspecified atom stereocenters. The molecule has 0 spiro atoms. The highest BCUT2D eigenvalue weighted by atomic mass is 127. The van der Waals surface area contributed by atoms with Crippen molar-refractivity contribution in [1.82, 2.24) is 10.6 Å². The third-order valence-electron chi connectivity index (χ3n) is 4.98. The molecule has 0 radical (unpaired) electrons. The van der Waals surface area contributed by atoms with E-state index in [2.05, 4.69) is 20.9 Å². The monoisotopic (exact) mass is 576 g/mol. The van der Waals surface area contributed by atoms with Crippen LogP contribution in [0.3, 0.4) is 0 Å². The Labute approximate surface area is 215 Å². The van der Waals surface area contributed by atoms with Gasteiger partial charge in [0.2, 0.25) is 0 Å². The Balaban J connectivity index is 0.00000544. The Kier molecular flexibility index (Phi) is 14.4. The maximum atomic E-state index is 11.8. The number of hydrogen-bond donors (Lipinski definition) is 3. The molecule has 0 saturated carbocycles. The van der Waals surface area contributed by atoms with Crippen LogP contribution in [0.5, 0.6) is 0 Å². The number of halogens is 1. The van der Waals surface area contributed by atoms with Crippen molar-refractivity contribution in [2.75, 3.05) is 51.9 Å². The summed E-state index contributed by atoms with van der Waals surface area (Å²) in [6, 6.07) is 7.76. The van der Waals surface area contributed by atoms with Gasteiger partial charge in [0.25, 0.3) is 0 Å². The van der Waals surface area contributed by atoms with Gasteiger partial charge >= 0.3 is 6.09 Å². The summed E-state index contributed by atoms with van der Waals surface area (Å²) in [6.45, 7) is 10.4. The smallest absolute Gasteiger partial charge is 0.412 e. The molecule has 8 nitrogen and oxygen atoms in total.